The maximum atomic E-state index is 12.1. The van der Waals surface area contributed by atoms with Gasteiger partial charge in [-0.15, -0.1) is 0 Å². The van der Waals surface area contributed by atoms with Crippen LogP contribution < -0.4 is 9.44 Å². The van der Waals surface area contributed by atoms with E-state index in [0.717, 1.165) is 0 Å². The molecule has 0 unspecified atom stereocenters. The summed E-state index contributed by atoms with van der Waals surface area (Å²) in [7, 11) is -0.532. The van der Waals surface area contributed by atoms with Crippen molar-refractivity contribution in [2.75, 3.05) is 27.4 Å². The van der Waals surface area contributed by atoms with Gasteiger partial charge in [-0.2, -0.15) is 17.9 Å². The number of carbonyl (C=O) groups excluding carboxylic acids is 2. The van der Waals surface area contributed by atoms with E-state index in [4.69, 9.17) is 0 Å². The first kappa shape index (κ1) is 12.4. The van der Waals surface area contributed by atoms with Gasteiger partial charge in [-0.05, 0) is 0 Å². The van der Waals surface area contributed by atoms with Crippen LogP contribution >= 0.6 is 0 Å². The Balaban J connectivity index is 2.03. The van der Waals surface area contributed by atoms with Crippen molar-refractivity contribution in [3.05, 3.63) is 0 Å². The topological polar surface area (TPSA) is 105 Å². The lowest BCUT2D eigenvalue weighted by Crippen LogP contribution is -2.58. The van der Waals surface area contributed by atoms with Crippen LogP contribution in [0.4, 0.5) is 9.59 Å². The van der Waals surface area contributed by atoms with Gasteiger partial charge in [0.05, 0.1) is 13.3 Å². The van der Waals surface area contributed by atoms with Gasteiger partial charge in [0.1, 0.15) is 6.17 Å². The molecule has 0 atom stereocenters. The molecule has 106 valence electrons. The summed E-state index contributed by atoms with van der Waals surface area (Å²) in [6.45, 7) is -0.339. The Morgan fingerprint density at radius 1 is 0.947 bits per heavy atom. The van der Waals surface area contributed by atoms with Gasteiger partial charge in [-0.3, -0.25) is 9.80 Å². The Morgan fingerprint density at radius 3 is 1.79 bits per heavy atom. The molecule has 0 saturated carbocycles. The molecule has 11 heteroatoms. The molecule has 19 heavy (non-hydrogen) atoms. The summed E-state index contributed by atoms with van der Waals surface area (Å²) in [4.78, 5) is 29.7. The lowest BCUT2D eigenvalue weighted by molar-refractivity contribution is 0.122. The predicted octanol–water partition coefficient (Wildman–Crippen LogP) is -2.27. The van der Waals surface area contributed by atoms with Gasteiger partial charge in [0, 0.05) is 14.1 Å². The zero-order chi connectivity index (χ0) is 13.9. The molecule has 2 N–H and O–H groups in total. The lowest BCUT2D eigenvalue weighted by atomic mass is 10.3. The minimum atomic E-state index is -3.71. The first-order valence-electron chi connectivity index (χ1n) is 5.64. The van der Waals surface area contributed by atoms with Crippen LogP contribution in [0, 0.1) is 0 Å². The molecule has 0 aromatic carbocycles. The van der Waals surface area contributed by atoms with E-state index in [1.54, 1.807) is 14.1 Å². The molecule has 3 rings (SSSR count). The van der Waals surface area contributed by atoms with Crippen molar-refractivity contribution in [3.63, 3.8) is 0 Å². The molecule has 3 fully saturated rings. The summed E-state index contributed by atoms with van der Waals surface area (Å²) >= 11 is 0. The van der Waals surface area contributed by atoms with Crippen LogP contribution in [-0.4, -0.2) is 79.8 Å². The highest BCUT2D eigenvalue weighted by molar-refractivity contribution is 7.87. The number of nitrogens with one attached hydrogen (secondary N) is 2. The summed E-state index contributed by atoms with van der Waals surface area (Å²) in [6, 6.07) is -0.632. The van der Waals surface area contributed by atoms with Gasteiger partial charge in [0.15, 0.2) is 6.17 Å². The fraction of sp³-hybridized carbons (Fsp3) is 0.750. The largest absolute Gasteiger partial charge is 0.324 e. The SMILES string of the molecule is CN1C(=O)N2CNS(=O)(=O)NCN3C(=O)N(C)C1C23. The van der Waals surface area contributed by atoms with E-state index in [1.807, 2.05) is 0 Å². The fourth-order valence-corrected chi connectivity index (χ4v) is 3.41. The van der Waals surface area contributed by atoms with Crippen LogP contribution in [0.1, 0.15) is 0 Å². The number of amides is 4. The van der Waals surface area contributed by atoms with Gasteiger partial charge < -0.3 is 9.80 Å². The Bertz CT molecular complexity index is 509. The smallest absolute Gasteiger partial charge is 0.303 e. The van der Waals surface area contributed by atoms with Crippen molar-refractivity contribution in [1.29, 1.82) is 0 Å². The number of urea groups is 2. The third-order valence-corrected chi connectivity index (χ3v) is 4.66. The minimum Gasteiger partial charge on any atom is -0.303 e. The highest BCUT2D eigenvalue weighted by Gasteiger charge is 2.57. The quantitative estimate of drug-likeness (QED) is 0.524. The van der Waals surface area contributed by atoms with Gasteiger partial charge in [0.2, 0.25) is 0 Å². The van der Waals surface area contributed by atoms with Crippen molar-refractivity contribution < 1.29 is 18.0 Å². The van der Waals surface area contributed by atoms with E-state index in [1.165, 1.54) is 19.6 Å². The first-order chi connectivity index (χ1) is 8.83. The zero-order valence-corrected chi connectivity index (χ0v) is 11.2. The molecule has 3 heterocycles. The van der Waals surface area contributed by atoms with Gasteiger partial charge in [-0.1, -0.05) is 0 Å². The number of rotatable bonds is 0. The van der Waals surface area contributed by atoms with Crippen LogP contribution in [0.5, 0.6) is 0 Å². The van der Waals surface area contributed by atoms with E-state index in [0.29, 0.717) is 0 Å². The lowest BCUT2D eigenvalue weighted by Gasteiger charge is -2.31. The Hall–Kier alpha value is -1.59. The molecule has 0 aromatic rings. The van der Waals surface area contributed by atoms with Crippen LogP contribution in [-0.2, 0) is 10.2 Å². The molecule has 0 bridgehead atoms. The molecule has 0 radical (unpaired) electrons. The monoisotopic (exact) mass is 290 g/mol. The number of nitrogens with zero attached hydrogens (tertiary/aromatic N) is 4. The Morgan fingerprint density at radius 2 is 1.37 bits per heavy atom. The second-order valence-electron chi connectivity index (χ2n) is 4.66. The highest BCUT2D eigenvalue weighted by atomic mass is 32.2. The number of hydrogen-bond acceptors (Lipinski definition) is 4. The van der Waals surface area contributed by atoms with E-state index in [2.05, 4.69) is 9.44 Å². The van der Waals surface area contributed by atoms with Crippen molar-refractivity contribution >= 4 is 22.3 Å². The first-order valence-corrected chi connectivity index (χ1v) is 7.13. The van der Waals surface area contributed by atoms with Crippen LogP contribution in [0.2, 0.25) is 0 Å². The summed E-state index contributed by atoms with van der Waals surface area (Å²) in [5, 5.41) is 0. The normalized spacial score (nSPS) is 33.6. The van der Waals surface area contributed by atoms with Crippen molar-refractivity contribution in [3.8, 4) is 0 Å². The van der Waals surface area contributed by atoms with Gasteiger partial charge >= 0.3 is 12.1 Å². The third kappa shape index (κ3) is 1.58. The average molecular weight is 290 g/mol. The number of hydrogen-bond donors (Lipinski definition) is 2. The van der Waals surface area contributed by atoms with E-state index in [9.17, 15) is 18.0 Å². The molecular formula is C8H14N6O4S. The van der Waals surface area contributed by atoms with E-state index in [-0.39, 0.29) is 25.4 Å². The minimum absolute atomic E-state index is 0.169. The fourth-order valence-electron chi connectivity index (χ4n) is 2.69. The maximum absolute atomic E-state index is 12.1. The Kier molecular flexibility index (Phi) is 2.43. The van der Waals surface area contributed by atoms with Gasteiger partial charge in [0.25, 0.3) is 10.2 Å². The molecule has 3 aliphatic heterocycles. The molecule has 0 aromatic heterocycles. The molecule has 0 aliphatic carbocycles. The van der Waals surface area contributed by atoms with Crippen molar-refractivity contribution in [2.24, 2.45) is 0 Å². The zero-order valence-electron chi connectivity index (χ0n) is 10.4. The van der Waals surface area contributed by atoms with Crippen molar-refractivity contribution in [1.82, 2.24) is 29.0 Å². The molecule has 3 aliphatic rings. The maximum Gasteiger partial charge on any atom is 0.324 e. The molecular weight excluding hydrogens is 276 g/mol. The van der Waals surface area contributed by atoms with Crippen LogP contribution in [0.25, 0.3) is 0 Å². The average Bonchev–Trinajstić information content (AvgIpc) is 2.71. The third-order valence-electron chi connectivity index (χ3n) is 3.64. The second kappa shape index (κ2) is 3.71. The number of carbonyl (C=O) groups is 2. The summed E-state index contributed by atoms with van der Waals surface area (Å²) in [5.74, 6) is 0. The summed E-state index contributed by atoms with van der Waals surface area (Å²) in [5.41, 5.74) is 0. The van der Waals surface area contributed by atoms with Crippen LogP contribution in [0.15, 0.2) is 0 Å². The molecule has 3 saturated heterocycles. The molecule has 10 nitrogen and oxygen atoms in total. The molecule has 0 spiro atoms. The summed E-state index contributed by atoms with van der Waals surface area (Å²) in [6.07, 6.45) is -0.907. The van der Waals surface area contributed by atoms with Crippen LogP contribution in [0.3, 0.4) is 0 Å². The second-order valence-corrected chi connectivity index (χ2v) is 6.25. The van der Waals surface area contributed by atoms with E-state index >= 15 is 0 Å². The Labute approximate surface area is 110 Å². The molecule has 4 amide bonds. The summed E-state index contributed by atoms with van der Waals surface area (Å²) < 4.78 is 27.6. The highest BCUT2D eigenvalue weighted by Crippen LogP contribution is 2.32. The standard InChI is InChI=1S/C8H14N6O4S/c1-11-5-6-13(7(11)15)3-9-19(17,18)10-4-14(6)8(16)12(5)2/h5-6,9-10H,3-4H2,1-2H3. The van der Waals surface area contributed by atoms with Crippen molar-refractivity contribution in [2.45, 2.75) is 12.3 Å². The van der Waals surface area contributed by atoms with E-state index < -0.39 is 22.5 Å². The predicted molar refractivity (Wildman–Crippen MR) is 62.5 cm³/mol. The van der Waals surface area contributed by atoms with Gasteiger partial charge in [-0.25, -0.2) is 9.59 Å². The number of likely N-dealkylation sites (N-methyl/N-ethyl adjacent to an activating group) is 2.